The maximum atomic E-state index is 15.7. The molecular formula is C38H30BF10P. The standard InChI is InChI=1S/C38H30BF10P/c1-17-12-19(3)37(20(4)13-17)50(38-21(5)14-18(2)15-22(38)6)24(23-10-8-7-9-11-23)16-39(25-27(40)31(44)35(48)32(45)28(25)41)26-29(42)33(46)36(49)34(47)30(26)43/h7-15,24H,16H2,1-6H3. The zero-order valence-electron chi connectivity index (χ0n) is 27.8. The molecule has 5 rings (SSSR count). The molecule has 0 bridgehead atoms. The van der Waals surface area contributed by atoms with E-state index in [9.17, 15) is 26.3 Å². The van der Waals surface area contributed by atoms with Crippen molar-refractivity contribution in [3.8, 4) is 0 Å². The lowest BCUT2D eigenvalue weighted by molar-refractivity contribution is 0.382. The summed E-state index contributed by atoms with van der Waals surface area (Å²) in [7, 11) is -1.81. The van der Waals surface area contributed by atoms with Crippen LogP contribution >= 0.6 is 7.92 Å². The van der Waals surface area contributed by atoms with Crippen molar-refractivity contribution in [3.63, 3.8) is 0 Å². The average Bonchev–Trinajstić information content (AvgIpc) is 3.05. The second-order valence-electron chi connectivity index (χ2n) is 12.5. The van der Waals surface area contributed by atoms with Crippen molar-refractivity contribution in [1.29, 1.82) is 0 Å². The zero-order chi connectivity index (χ0) is 36.9. The van der Waals surface area contributed by atoms with Gasteiger partial charge in [0.1, 0.15) is 0 Å². The third kappa shape index (κ3) is 6.45. The van der Waals surface area contributed by atoms with Gasteiger partial charge in [-0.2, -0.15) is 0 Å². The van der Waals surface area contributed by atoms with E-state index in [1.807, 2.05) is 65.8 Å². The Hall–Kier alpha value is -4.11. The summed E-state index contributed by atoms with van der Waals surface area (Å²) in [6.07, 6.45) is -0.827. The van der Waals surface area contributed by atoms with Crippen molar-refractivity contribution in [1.82, 2.24) is 0 Å². The van der Waals surface area contributed by atoms with Gasteiger partial charge in [0.05, 0.1) is 0 Å². The Labute approximate surface area is 285 Å². The largest absolute Gasteiger partial charge is 0.226 e. The number of hydrogen-bond donors (Lipinski definition) is 0. The fourth-order valence-corrected chi connectivity index (χ4v) is 10.6. The molecule has 0 heterocycles. The highest BCUT2D eigenvalue weighted by atomic mass is 31.1. The fourth-order valence-electron chi connectivity index (χ4n) is 7.05. The van der Waals surface area contributed by atoms with Gasteiger partial charge in [0.15, 0.2) is 58.2 Å². The SMILES string of the molecule is Cc1cc(C)c(P(c2c(C)cc(C)cc2C)C(CB(c2c(F)c(F)c(F)c(F)c2F)c2c(F)c(F)c(F)c(F)c2F)c2ccccc2)c(C)c1. The van der Waals surface area contributed by atoms with Crippen molar-refractivity contribution in [2.45, 2.75) is 53.5 Å². The van der Waals surface area contributed by atoms with Gasteiger partial charge in [0.2, 0.25) is 6.71 Å². The first kappa shape index (κ1) is 37.2. The molecule has 5 aromatic rings. The van der Waals surface area contributed by atoms with Crippen LogP contribution in [-0.4, -0.2) is 6.71 Å². The highest BCUT2D eigenvalue weighted by Gasteiger charge is 2.43. The molecule has 0 N–H and O–H groups in total. The zero-order valence-corrected chi connectivity index (χ0v) is 28.7. The first-order valence-electron chi connectivity index (χ1n) is 15.5. The van der Waals surface area contributed by atoms with Crippen LogP contribution in [0, 0.1) is 99.7 Å². The number of halogens is 10. The Morgan fingerprint density at radius 1 is 0.460 bits per heavy atom. The first-order chi connectivity index (χ1) is 23.5. The molecule has 0 saturated carbocycles. The first-order valence-corrected chi connectivity index (χ1v) is 16.9. The van der Waals surface area contributed by atoms with Crippen LogP contribution in [0.1, 0.15) is 44.6 Å². The third-order valence-electron chi connectivity index (χ3n) is 8.89. The summed E-state index contributed by atoms with van der Waals surface area (Å²) >= 11 is 0. The summed E-state index contributed by atoms with van der Waals surface area (Å²) in [6, 6.07) is 15.8. The van der Waals surface area contributed by atoms with Gasteiger partial charge in [0.25, 0.3) is 0 Å². The van der Waals surface area contributed by atoms with Crippen molar-refractivity contribution in [2.24, 2.45) is 0 Å². The third-order valence-corrected chi connectivity index (χ3v) is 12.4. The van der Waals surface area contributed by atoms with Crippen molar-refractivity contribution in [3.05, 3.63) is 152 Å². The summed E-state index contributed by atoms with van der Waals surface area (Å²) < 4.78 is 151. The van der Waals surface area contributed by atoms with Crippen molar-refractivity contribution < 1.29 is 43.9 Å². The van der Waals surface area contributed by atoms with Crippen LogP contribution in [0.15, 0.2) is 54.6 Å². The molecule has 0 nitrogen and oxygen atoms in total. The van der Waals surface area contributed by atoms with E-state index in [1.165, 1.54) is 0 Å². The van der Waals surface area contributed by atoms with Gasteiger partial charge in [-0.25, -0.2) is 43.9 Å². The minimum Gasteiger partial charge on any atom is -0.204 e. The lowest BCUT2D eigenvalue weighted by Crippen LogP contribution is -2.51. The second-order valence-corrected chi connectivity index (χ2v) is 14.8. The monoisotopic (exact) mass is 718 g/mol. The van der Waals surface area contributed by atoms with Gasteiger partial charge in [-0.05, 0) is 87.9 Å². The predicted molar refractivity (Wildman–Crippen MR) is 179 cm³/mol. The van der Waals surface area contributed by atoms with Crippen LogP contribution in [0.25, 0.3) is 0 Å². The Bertz CT molecular complexity index is 1900. The van der Waals surface area contributed by atoms with Crippen molar-refractivity contribution in [2.75, 3.05) is 0 Å². The van der Waals surface area contributed by atoms with Crippen LogP contribution < -0.4 is 21.5 Å². The number of rotatable bonds is 8. The van der Waals surface area contributed by atoms with Crippen LogP contribution in [-0.2, 0) is 0 Å². The molecule has 0 aliphatic heterocycles. The van der Waals surface area contributed by atoms with E-state index in [0.29, 0.717) is 5.56 Å². The minimum atomic E-state index is -2.54. The van der Waals surface area contributed by atoms with Crippen molar-refractivity contribution >= 4 is 36.2 Å². The molecule has 12 heteroatoms. The molecule has 0 aliphatic carbocycles. The molecule has 0 fully saturated rings. The molecule has 50 heavy (non-hydrogen) atoms. The molecule has 0 radical (unpaired) electrons. The van der Waals surface area contributed by atoms with Crippen LogP contribution in [0.2, 0.25) is 6.32 Å². The molecule has 0 spiro atoms. The molecule has 0 saturated heterocycles. The van der Waals surface area contributed by atoms with Gasteiger partial charge >= 0.3 is 0 Å². The van der Waals surface area contributed by atoms with Gasteiger partial charge < -0.3 is 0 Å². The van der Waals surface area contributed by atoms with E-state index < -0.39 is 95.7 Å². The molecule has 1 unspecified atom stereocenters. The Morgan fingerprint density at radius 2 is 0.760 bits per heavy atom. The summed E-state index contributed by atoms with van der Waals surface area (Å²) in [5.41, 5.74) is 0.953. The lowest BCUT2D eigenvalue weighted by Gasteiger charge is -2.35. The maximum absolute atomic E-state index is 15.7. The van der Waals surface area contributed by atoms with E-state index in [1.54, 1.807) is 30.3 Å². The van der Waals surface area contributed by atoms with Gasteiger partial charge in [-0.15, -0.1) is 0 Å². The summed E-state index contributed by atoms with van der Waals surface area (Å²) in [6.45, 7) is 8.59. The maximum Gasteiger partial charge on any atom is 0.226 e. The van der Waals surface area contributed by atoms with Crippen LogP contribution in [0.5, 0.6) is 0 Å². The van der Waals surface area contributed by atoms with E-state index in [2.05, 4.69) is 0 Å². The Morgan fingerprint density at radius 3 is 1.08 bits per heavy atom. The highest BCUT2D eigenvalue weighted by molar-refractivity contribution is 7.73. The molecule has 1 atom stereocenters. The number of hydrogen-bond acceptors (Lipinski definition) is 0. The number of aryl methyl sites for hydroxylation is 6. The van der Waals surface area contributed by atoms with Crippen LogP contribution in [0.4, 0.5) is 43.9 Å². The predicted octanol–water partition coefficient (Wildman–Crippen LogP) is 9.41. The molecule has 5 aromatic carbocycles. The van der Waals surface area contributed by atoms with Gasteiger partial charge in [0, 0.05) is 16.6 Å². The molecule has 0 amide bonds. The molecular weight excluding hydrogens is 688 g/mol. The summed E-state index contributed by atoms with van der Waals surface area (Å²) in [5.74, 6) is -24.6. The topological polar surface area (TPSA) is 0 Å². The Kier molecular flexibility index (Phi) is 10.6. The molecule has 0 aliphatic rings. The minimum absolute atomic E-state index is 0.440. The number of benzene rings is 5. The average molecular weight is 718 g/mol. The Balaban J connectivity index is 1.95. The summed E-state index contributed by atoms with van der Waals surface area (Å²) in [4.78, 5) is 0. The fraction of sp³-hybridized carbons (Fsp3) is 0.211. The highest BCUT2D eigenvalue weighted by Crippen LogP contribution is 2.55. The van der Waals surface area contributed by atoms with E-state index >= 15 is 17.6 Å². The molecule has 260 valence electrons. The lowest BCUT2D eigenvalue weighted by atomic mass is 9.37. The van der Waals surface area contributed by atoms with Gasteiger partial charge in [-0.1, -0.05) is 72.0 Å². The second kappa shape index (κ2) is 14.3. The molecule has 0 aromatic heterocycles. The normalized spacial score (nSPS) is 12.2. The summed E-state index contributed by atoms with van der Waals surface area (Å²) in [5, 5.41) is 1.53. The van der Waals surface area contributed by atoms with E-state index in [0.717, 1.165) is 44.0 Å². The van der Waals surface area contributed by atoms with Crippen LogP contribution in [0.3, 0.4) is 0 Å². The van der Waals surface area contributed by atoms with Gasteiger partial charge in [-0.3, -0.25) is 0 Å². The van der Waals surface area contributed by atoms with E-state index in [4.69, 9.17) is 0 Å². The quantitative estimate of drug-likeness (QED) is 0.0494. The smallest absolute Gasteiger partial charge is 0.204 e. The van der Waals surface area contributed by atoms with E-state index in [-0.39, 0.29) is 0 Å².